The van der Waals surface area contributed by atoms with Crippen molar-refractivity contribution in [3.8, 4) is 22.4 Å². The summed E-state index contributed by atoms with van der Waals surface area (Å²) in [5.74, 6) is -0.282. The van der Waals surface area contributed by atoms with Gasteiger partial charge in [-0.1, -0.05) is 66.7 Å². The number of aryl methyl sites for hydroxylation is 2. The molecule has 0 unspecified atom stereocenters. The van der Waals surface area contributed by atoms with E-state index in [0.717, 1.165) is 45.2 Å². The number of hydrogen-bond donors (Lipinski definition) is 0. The average Bonchev–Trinajstić information content (AvgIpc) is 3.24. The Labute approximate surface area is 203 Å². The van der Waals surface area contributed by atoms with E-state index in [1.165, 1.54) is 11.1 Å². The molecule has 0 aliphatic rings. The first-order valence-electron chi connectivity index (χ1n) is 11.8. The first-order chi connectivity index (χ1) is 17.1. The summed E-state index contributed by atoms with van der Waals surface area (Å²) in [7, 11) is 2.03. The molecule has 0 saturated heterocycles. The Balaban J connectivity index is 1.52. The summed E-state index contributed by atoms with van der Waals surface area (Å²) in [6.07, 6.45) is 2.87. The molecule has 0 spiro atoms. The largest absolute Gasteiger partial charge is 0.454 e. The lowest BCUT2D eigenvalue weighted by Crippen LogP contribution is -2.30. The Bertz CT molecular complexity index is 1680. The van der Waals surface area contributed by atoms with E-state index in [1.54, 1.807) is 6.07 Å². The van der Waals surface area contributed by atoms with Crippen molar-refractivity contribution in [3.05, 3.63) is 126 Å². The molecule has 0 N–H and O–H groups in total. The lowest BCUT2D eigenvalue weighted by molar-refractivity contribution is -0.660. The fraction of sp³-hybridized carbons (Fsp3) is 0.0938. The molecule has 0 saturated carbocycles. The molecule has 0 amide bonds. The Hall–Kier alpha value is -4.24. The van der Waals surface area contributed by atoms with Crippen LogP contribution in [0.1, 0.15) is 16.7 Å². The van der Waals surface area contributed by atoms with Crippen molar-refractivity contribution in [1.82, 2.24) is 0 Å². The van der Waals surface area contributed by atoms with E-state index in [2.05, 4.69) is 54.0 Å². The van der Waals surface area contributed by atoms with Gasteiger partial charge in [0.1, 0.15) is 24.0 Å². The van der Waals surface area contributed by atoms with E-state index >= 15 is 4.39 Å². The Kier molecular flexibility index (Phi) is 5.18. The van der Waals surface area contributed by atoms with Gasteiger partial charge in [0, 0.05) is 22.9 Å². The molecule has 2 aromatic heterocycles. The third-order valence-corrected chi connectivity index (χ3v) is 6.77. The van der Waals surface area contributed by atoms with Crippen LogP contribution in [-0.4, -0.2) is 0 Å². The van der Waals surface area contributed by atoms with E-state index in [0.29, 0.717) is 11.1 Å². The van der Waals surface area contributed by atoms with E-state index in [9.17, 15) is 0 Å². The van der Waals surface area contributed by atoms with Crippen LogP contribution in [0.3, 0.4) is 0 Å². The Morgan fingerprint density at radius 2 is 1.34 bits per heavy atom. The first-order valence-corrected chi connectivity index (χ1v) is 11.8. The number of rotatable bonds is 4. The molecule has 6 aromatic rings. The number of furan rings is 1. The maximum Gasteiger partial charge on any atom is 0.216 e. The van der Waals surface area contributed by atoms with Crippen LogP contribution >= 0.6 is 0 Å². The minimum absolute atomic E-state index is 0.282. The highest BCUT2D eigenvalue weighted by Gasteiger charge is 2.22. The third-order valence-electron chi connectivity index (χ3n) is 6.77. The second kappa shape index (κ2) is 8.52. The second-order valence-electron chi connectivity index (χ2n) is 9.09. The van der Waals surface area contributed by atoms with Crippen LogP contribution in [0.15, 0.2) is 108 Å². The molecule has 170 valence electrons. The van der Waals surface area contributed by atoms with Gasteiger partial charge in [-0.05, 0) is 53.8 Å². The summed E-state index contributed by atoms with van der Waals surface area (Å²) in [6.45, 7) is 2.09. The van der Waals surface area contributed by atoms with Crippen LogP contribution < -0.4 is 4.57 Å². The van der Waals surface area contributed by atoms with E-state index in [4.69, 9.17) is 4.42 Å². The molecule has 0 bridgehead atoms. The molecular formula is C32H25FNO+. The molecule has 0 atom stereocenters. The maximum atomic E-state index is 15.3. The molecule has 4 aromatic carbocycles. The van der Waals surface area contributed by atoms with Crippen molar-refractivity contribution >= 4 is 21.9 Å². The lowest BCUT2D eigenvalue weighted by Gasteiger charge is -2.07. The highest BCUT2D eigenvalue weighted by molar-refractivity contribution is 6.13. The highest BCUT2D eigenvalue weighted by Crippen LogP contribution is 2.41. The normalized spacial score (nSPS) is 11.4. The zero-order valence-electron chi connectivity index (χ0n) is 19.8. The van der Waals surface area contributed by atoms with Gasteiger partial charge in [0.25, 0.3) is 0 Å². The van der Waals surface area contributed by atoms with Gasteiger partial charge < -0.3 is 4.42 Å². The number of fused-ring (bicyclic) bond motifs is 3. The van der Waals surface area contributed by atoms with Crippen molar-refractivity contribution in [3.63, 3.8) is 0 Å². The summed E-state index contributed by atoms with van der Waals surface area (Å²) in [4.78, 5) is 0. The van der Waals surface area contributed by atoms with Gasteiger partial charge in [0.2, 0.25) is 5.69 Å². The Morgan fingerprint density at radius 1 is 0.686 bits per heavy atom. The third kappa shape index (κ3) is 3.70. The average molecular weight is 459 g/mol. The second-order valence-corrected chi connectivity index (χ2v) is 9.09. The smallest absolute Gasteiger partial charge is 0.216 e. The summed E-state index contributed by atoms with van der Waals surface area (Å²) < 4.78 is 23.9. The Morgan fingerprint density at radius 3 is 2.09 bits per heavy atom. The molecule has 0 aliphatic heterocycles. The molecule has 35 heavy (non-hydrogen) atoms. The van der Waals surface area contributed by atoms with Crippen molar-refractivity contribution in [2.24, 2.45) is 7.05 Å². The van der Waals surface area contributed by atoms with Crippen molar-refractivity contribution < 1.29 is 13.4 Å². The minimum Gasteiger partial charge on any atom is -0.454 e. The number of hydrogen-bond acceptors (Lipinski definition) is 1. The van der Waals surface area contributed by atoms with Crippen LogP contribution in [0.4, 0.5) is 4.39 Å². The zero-order chi connectivity index (χ0) is 23.9. The highest BCUT2D eigenvalue weighted by atomic mass is 19.1. The van der Waals surface area contributed by atoms with Gasteiger partial charge in [0.15, 0.2) is 6.20 Å². The predicted octanol–water partition coefficient (Wildman–Crippen LogP) is 7.78. The van der Waals surface area contributed by atoms with Gasteiger partial charge >= 0.3 is 0 Å². The molecule has 6 rings (SSSR count). The van der Waals surface area contributed by atoms with Gasteiger partial charge in [-0.25, -0.2) is 8.96 Å². The fourth-order valence-electron chi connectivity index (χ4n) is 4.97. The van der Waals surface area contributed by atoms with Crippen LogP contribution in [-0.2, 0) is 13.5 Å². The minimum atomic E-state index is -0.282. The molecule has 2 heterocycles. The van der Waals surface area contributed by atoms with Crippen molar-refractivity contribution in [2.75, 3.05) is 0 Å². The molecular weight excluding hydrogens is 433 g/mol. The van der Waals surface area contributed by atoms with Gasteiger partial charge in [0.05, 0.1) is 11.1 Å². The van der Waals surface area contributed by atoms with Crippen LogP contribution in [0.5, 0.6) is 0 Å². The molecule has 2 nitrogen and oxygen atoms in total. The van der Waals surface area contributed by atoms with Crippen LogP contribution in [0.2, 0.25) is 0 Å². The summed E-state index contributed by atoms with van der Waals surface area (Å²) in [5.41, 5.74) is 8.34. The molecule has 0 aliphatic carbocycles. The summed E-state index contributed by atoms with van der Waals surface area (Å²) >= 11 is 0. The van der Waals surface area contributed by atoms with Gasteiger partial charge in [-0.2, -0.15) is 0 Å². The van der Waals surface area contributed by atoms with E-state index in [1.807, 2.05) is 61.8 Å². The zero-order valence-corrected chi connectivity index (χ0v) is 19.8. The number of halogens is 1. The molecule has 3 heteroatoms. The number of nitrogens with zero attached hydrogens (tertiary/aromatic N) is 1. The predicted molar refractivity (Wildman–Crippen MR) is 140 cm³/mol. The van der Waals surface area contributed by atoms with Crippen LogP contribution in [0.25, 0.3) is 44.3 Å². The fourth-order valence-corrected chi connectivity index (χ4v) is 4.97. The number of benzene rings is 4. The topological polar surface area (TPSA) is 17.0 Å². The molecule has 0 radical (unpaired) electrons. The molecule has 0 fully saturated rings. The van der Waals surface area contributed by atoms with Crippen molar-refractivity contribution in [2.45, 2.75) is 13.3 Å². The van der Waals surface area contributed by atoms with Gasteiger partial charge in [-0.15, -0.1) is 0 Å². The monoisotopic (exact) mass is 458 g/mol. The quantitative estimate of drug-likeness (QED) is 0.247. The summed E-state index contributed by atoms with van der Waals surface area (Å²) in [5, 5.41) is 1.91. The van der Waals surface area contributed by atoms with E-state index in [-0.39, 0.29) is 5.82 Å². The SMILES string of the molecule is Cc1ccc2c(oc3c(-c4ccc(Cc5ccccc5)cc4)c(F)ccc32)c1-c1cccc[n+]1C. The number of aromatic nitrogens is 1. The number of pyridine rings is 1. The van der Waals surface area contributed by atoms with Crippen LogP contribution in [0, 0.1) is 12.7 Å². The standard InChI is InChI=1S/C32H25FNO/c1-21-11-16-25-26-17-18-27(33)30(24-14-12-23(13-15-24)20-22-8-4-3-5-9-22)32(26)35-31(25)29(21)28-10-6-7-19-34(28)2/h3-19H,20H2,1-2H3/q+1. The maximum absolute atomic E-state index is 15.3. The summed E-state index contributed by atoms with van der Waals surface area (Å²) in [6, 6.07) is 32.2. The first kappa shape index (κ1) is 21.3. The lowest BCUT2D eigenvalue weighted by atomic mass is 9.97. The van der Waals surface area contributed by atoms with Gasteiger partial charge in [-0.3, -0.25) is 0 Å². The van der Waals surface area contributed by atoms with Crippen molar-refractivity contribution in [1.29, 1.82) is 0 Å². The van der Waals surface area contributed by atoms with E-state index < -0.39 is 0 Å².